The van der Waals surface area contributed by atoms with Crippen LogP contribution in [0.1, 0.15) is 57.7 Å². The number of aromatic nitrogens is 7. The molecule has 0 spiro atoms. The molecule has 6 heterocycles. The molecule has 4 aromatic heterocycles. The van der Waals surface area contributed by atoms with Gasteiger partial charge in [0.05, 0.1) is 23.0 Å². The molecule has 11 nitrogen and oxygen atoms in total. The van der Waals surface area contributed by atoms with Gasteiger partial charge >= 0.3 is 5.69 Å². The van der Waals surface area contributed by atoms with Gasteiger partial charge in [-0.3, -0.25) is 14.5 Å². The van der Waals surface area contributed by atoms with Gasteiger partial charge in [0.15, 0.2) is 11.5 Å². The van der Waals surface area contributed by atoms with E-state index in [1.807, 2.05) is 38.7 Å². The van der Waals surface area contributed by atoms with Crippen LogP contribution >= 0.6 is 0 Å². The summed E-state index contributed by atoms with van der Waals surface area (Å²) in [5.74, 6) is -0.406. The lowest BCUT2D eigenvalue weighted by Gasteiger charge is -2.44. The minimum absolute atomic E-state index is 0.00739. The van der Waals surface area contributed by atoms with Crippen molar-refractivity contribution in [1.29, 1.82) is 0 Å². The number of rotatable bonds is 3. The fraction of sp³-hybridized carbons (Fsp3) is 0.433. The van der Waals surface area contributed by atoms with Crippen LogP contribution in [0, 0.1) is 5.82 Å². The summed E-state index contributed by atoms with van der Waals surface area (Å²) in [5, 5.41) is 8.77. The van der Waals surface area contributed by atoms with Crippen LogP contribution in [-0.2, 0) is 17.8 Å². The van der Waals surface area contributed by atoms with Crippen molar-refractivity contribution < 1.29 is 9.18 Å². The van der Waals surface area contributed by atoms with Gasteiger partial charge in [-0.25, -0.2) is 18.7 Å². The molecule has 0 radical (unpaired) electrons. The number of carbonyl (C=O) groups is 1. The Morgan fingerprint density at radius 2 is 1.93 bits per heavy atom. The molecule has 0 N–H and O–H groups in total. The van der Waals surface area contributed by atoms with Crippen LogP contribution in [0.3, 0.4) is 0 Å². The topological polar surface area (TPSA) is 115 Å². The second-order valence-corrected chi connectivity index (χ2v) is 11.5. The maximum atomic E-state index is 15.9. The van der Waals surface area contributed by atoms with Crippen LogP contribution in [-0.4, -0.2) is 70.5 Å². The van der Waals surface area contributed by atoms with Crippen LogP contribution < -0.4 is 10.6 Å². The van der Waals surface area contributed by atoms with Crippen molar-refractivity contribution in [1.82, 2.24) is 39.4 Å². The highest BCUT2D eigenvalue weighted by Gasteiger charge is 2.34. The molecular formula is C30H34FN9O2. The predicted molar refractivity (Wildman–Crippen MR) is 157 cm³/mol. The lowest BCUT2D eigenvalue weighted by molar-refractivity contribution is -0.130. The number of halogens is 1. The van der Waals surface area contributed by atoms with Crippen molar-refractivity contribution in [2.45, 2.75) is 71.5 Å². The zero-order valence-electron chi connectivity index (χ0n) is 24.3. The van der Waals surface area contributed by atoms with Gasteiger partial charge in [0.25, 0.3) is 0 Å². The monoisotopic (exact) mass is 571 g/mol. The first-order valence-electron chi connectivity index (χ1n) is 14.4. The smallest absolute Gasteiger partial charge is 0.352 e. The second kappa shape index (κ2) is 10.7. The van der Waals surface area contributed by atoms with E-state index in [9.17, 15) is 9.59 Å². The lowest BCUT2D eigenvalue weighted by Crippen LogP contribution is -2.58. The number of aryl methyl sites for hydroxylation is 2. The van der Waals surface area contributed by atoms with Crippen LogP contribution in [0.25, 0.3) is 28.1 Å². The summed E-state index contributed by atoms with van der Waals surface area (Å²) >= 11 is 0. The molecule has 2 unspecified atom stereocenters. The Bertz CT molecular complexity index is 1750. The minimum Gasteiger partial charge on any atom is -0.352 e. The number of piperazine rings is 1. The van der Waals surface area contributed by atoms with E-state index in [4.69, 9.17) is 4.98 Å². The predicted octanol–water partition coefficient (Wildman–Crippen LogP) is 3.64. The van der Waals surface area contributed by atoms with Crippen LogP contribution in [0.2, 0.25) is 0 Å². The van der Waals surface area contributed by atoms with Gasteiger partial charge in [-0.1, -0.05) is 25.6 Å². The first-order valence-corrected chi connectivity index (χ1v) is 14.4. The summed E-state index contributed by atoms with van der Waals surface area (Å²) in [6.45, 7) is 13.0. The summed E-state index contributed by atoms with van der Waals surface area (Å²) in [6, 6.07) is 2.94. The molecule has 1 fully saturated rings. The first kappa shape index (κ1) is 27.7. The Kier molecular flexibility index (Phi) is 7.07. The minimum atomic E-state index is -0.588. The van der Waals surface area contributed by atoms with Crippen LogP contribution in [0.15, 0.2) is 42.0 Å². The number of pyridine rings is 2. The van der Waals surface area contributed by atoms with E-state index in [-0.39, 0.29) is 35.2 Å². The molecular weight excluding hydrogens is 537 g/mol. The number of hydrogen-bond acceptors (Lipinski definition) is 8. The molecule has 1 amide bonds. The number of amides is 1. The molecule has 4 bridgehead atoms. The van der Waals surface area contributed by atoms with Crippen molar-refractivity contribution in [2.24, 2.45) is 0 Å². The number of fused-ring (bicyclic) bond motifs is 6. The Balaban J connectivity index is 1.64. The van der Waals surface area contributed by atoms with Crippen molar-refractivity contribution in [3.05, 3.63) is 64.7 Å². The van der Waals surface area contributed by atoms with Gasteiger partial charge < -0.3 is 9.80 Å². The summed E-state index contributed by atoms with van der Waals surface area (Å²) < 4.78 is 19.1. The largest absolute Gasteiger partial charge is 0.355 e. The van der Waals surface area contributed by atoms with Crippen molar-refractivity contribution in [3.63, 3.8) is 0 Å². The van der Waals surface area contributed by atoms with Gasteiger partial charge in [0.2, 0.25) is 5.91 Å². The molecule has 4 aromatic rings. The number of hydrogen-bond donors (Lipinski definition) is 0. The zero-order valence-corrected chi connectivity index (χ0v) is 24.3. The summed E-state index contributed by atoms with van der Waals surface area (Å²) in [6.07, 6.45) is 7.15. The number of carbonyl (C=O) groups excluding carboxylic acids is 1. The molecule has 1 saturated heterocycles. The second-order valence-electron chi connectivity index (χ2n) is 11.5. The van der Waals surface area contributed by atoms with Gasteiger partial charge in [0.1, 0.15) is 17.2 Å². The fourth-order valence-electron chi connectivity index (χ4n) is 6.26. The maximum absolute atomic E-state index is 15.9. The SMILES string of the molecule is C=CC(=O)N1C(C)CN(c2nc(=O)n3c4nc(c(F)cc24)-c2cn(nn2)CCCCc2ccnc(C(C)C)c2-3)CC1C. The van der Waals surface area contributed by atoms with E-state index < -0.39 is 11.5 Å². The molecule has 6 rings (SSSR count). The van der Waals surface area contributed by atoms with Gasteiger partial charge in [0, 0.05) is 37.9 Å². The molecule has 0 aromatic carbocycles. The van der Waals surface area contributed by atoms with Crippen molar-refractivity contribution in [2.75, 3.05) is 18.0 Å². The fourth-order valence-corrected chi connectivity index (χ4v) is 6.26. The third-order valence-electron chi connectivity index (χ3n) is 8.12. The Morgan fingerprint density at radius 1 is 1.17 bits per heavy atom. The molecule has 2 atom stereocenters. The highest BCUT2D eigenvalue weighted by Crippen LogP contribution is 2.33. The highest BCUT2D eigenvalue weighted by molar-refractivity contribution is 5.91. The average Bonchev–Trinajstić information content (AvgIpc) is 3.42. The zero-order chi connectivity index (χ0) is 29.7. The molecule has 218 valence electrons. The molecule has 0 saturated carbocycles. The maximum Gasteiger partial charge on any atom is 0.355 e. The van der Waals surface area contributed by atoms with Crippen molar-refractivity contribution >= 4 is 22.8 Å². The molecule has 2 aliphatic rings. The molecule has 0 aliphatic carbocycles. The van der Waals surface area contributed by atoms with E-state index in [1.165, 1.54) is 16.7 Å². The van der Waals surface area contributed by atoms with Crippen LogP contribution in [0.5, 0.6) is 0 Å². The molecule has 42 heavy (non-hydrogen) atoms. The number of anilines is 1. The third-order valence-corrected chi connectivity index (χ3v) is 8.12. The van der Waals surface area contributed by atoms with E-state index in [0.717, 1.165) is 24.1 Å². The normalized spacial score (nSPS) is 18.9. The molecule has 2 aliphatic heterocycles. The van der Waals surface area contributed by atoms with E-state index >= 15 is 4.39 Å². The Hall–Kier alpha value is -4.48. The van der Waals surface area contributed by atoms with Gasteiger partial charge in [-0.05, 0) is 62.8 Å². The number of nitrogens with zero attached hydrogens (tertiary/aromatic N) is 9. The lowest BCUT2D eigenvalue weighted by atomic mass is 10.00. The Labute approximate surface area is 242 Å². The first-order chi connectivity index (χ1) is 20.2. The Morgan fingerprint density at radius 3 is 2.64 bits per heavy atom. The average molecular weight is 572 g/mol. The van der Waals surface area contributed by atoms with Crippen molar-refractivity contribution in [3.8, 4) is 17.1 Å². The quantitative estimate of drug-likeness (QED) is 0.343. The van der Waals surface area contributed by atoms with E-state index in [1.54, 1.807) is 22.0 Å². The molecule has 12 heteroatoms. The van der Waals surface area contributed by atoms with Gasteiger partial charge in [-0.2, -0.15) is 4.98 Å². The van der Waals surface area contributed by atoms with E-state index in [0.29, 0.717) is 48.6 Å². The van der Waals surface area contributed by atoms with E-state index in [2.05, 4.69) is 26.9 Å². The summed E-state index contributed by atoms with van der Waals surface area (Å²) in [7, 11) is 0. The third kappa shape index (κ3) is 4.64. The van der Waals surface area contributed by atoms with Crippen LogP contribution in [0.4, 0.5) is 10.2 Å². The highest BCUT2D eigenvalue weighted by atomic mass is 19.1. The van der Waals surface area contributed by atoms with Gasteiger partial charge in [-0.15, -0.1) is 5.10 Å². The summed E-state index contributed by atoms with van der Waals surface area (Å²) in [5.41, 5.74) is 2.40. The summed E-state index contributed by atoms with van der Waals surface area (Å²) in [4.78, 5) is 44.4. The standard InChI is InChI=1S/C30H34FN9O2/c1-6-24(41)39-18(4)14-37(15-19(39)5)28-21-13-22(31)26-23-16-38(36-35-23)12-8-7-9-20-10-11-32-25(17(2)3)27(20)40(29(21)33-26)30(42)34-28/h6,10-11,13,16-19H,1,7-9,12,14-15H2,2-5H3.